The van der Waals surface area contributed by atoms with E-state index in [9.17, 15) is 4.79 Å². The molecule has 3 aromatic carbocycles. The van der Waals surface area contributed by atoms with Crippen molar-refractivity contribution in [1.29, 1.82) is 0 Å². The fourth-order valence-electron chi connectivity index (χ4n) is 3.00. The molecule has 1 N–H and O–H groups in total. The summed E-state index contributed by atoms with van der Waals surface area (Å²) in [5.74, 6) is 1.39. The molecule has 0 aliphatic carbocycles. The van der Waals surface area contributed by atoms with Gasteiger partial charge >= 0.3 is 0 Å². The third kappa shape index (κ3) is 7.24. The van der Waals surface area contributed by atoms with E-state index in [0.29, 0.717) is 52.4 Å². The van der Waals surface area contributed by atoms with Gasteiger partial charge in [0.1, 0.15) is 13.2 Å². The molecule has 7 nitrogen and oxygen atoms in total. The van der Waals surface area contributed by atoms with Gasteiger partial charge in [-0.05, 0) is 53.6 Å². The number of carbonyl (C=O) groups excluding carboxylic acids is 1. The van der Waals surface area contributed by atoms with Gasteiger partial charge in [-0.15, -0.1) is 0 Å². The zero-order valence-electron chi connectivity index (χ0n) is 19.2. The maximum absolute atomic E-state index is 12.5. The lowest BCUT2D eigenvalue weighted by Crippen LogP contribution is -2.17. The summed E-state index contributed by atoms with van der Waals surface area (Å²) in [6, 6.07) is 16.0. The number of hydrogen-bond donors (Lipinski definition) is 1. The van der Waals surface area contributed by atoms with Crippen molar-refractivity contribution in [2.24, 2.45) is 5.10 Å². The highest BCUT2D eigenvalue weighted by molar-refractivity contribution is 9.10. The Morgan fingerprint density at radius 3 is 2.46 bits per heavy atom. The van der Waals surface area contributed by atoms with Gasteiger partial charge in [0, 0.05) is 10.0 Å². The minimum atomic E-state index is -0.415. The molecule has 0 aromatic heterocycles. The summed E-state index contributed by atoms with van der Waals surface area (Å²) in [4.78, 5) is 12.5. The molecule has 3 rings (SSSR count). The molecule has 35 heavy (non-hydrogen) atoms. The molecule has 0 fully saturated rings. The number of nitrogens with one attached hydrogen (secondary N) is 1. The molecule has 0 atom stereocenters. The Kier molecular flexibility index (Phi) is 9.57. The first-order valence-electron chi connectivity index (χ1n) is 10.4. The van der Waals surface area contributed by atoms with Gasteiger partial charge in [0.2, 0.25) is 0 Å². The normalized spacial score (nSPS) is 10.6. The van der Waals surface area contributed by atoms with Gasteiger partial charge in [0.05, 0.1) is 25.5 Å². The summed E-state index contributed by atoms with van der Waals surface area (Å²) in [5.41, 5.74) is 4.44. The van der Waals surface area contributed by atoms with E-state index < -0.39 is 5.91 Å². The number of amides is 1. The van der Waals surface area contributed by atoms with Gasteiger partial charge in [0.15, 0.2) is 23.0 Å². The summed E-state index contributed by atoms with van der Waals surface area (Å²) in [6.45, 7) is 4.26. The Bertz CT molecular complexity index is 1220. The van der Waals surface area contributed by atoms with Crippen molar-refractivity contribution in [3.8, 4) is 23.0 Å². The molecular weight excluding hydrogens is 536 g/mol. The van der Waals surface area contributed by atoms with Gasteiger partial charge in [0.25, 0.3) is 5.91 Å². The second-order valence-corrected chi connectivity index (χ2v) is 8.44. The Morgan fingerprint density at radius 2 is 1.77 bits per heavy atom. The van der Waals surface area contributed by atoms with Gasteiger partial charge in [-0.2, -0.15) is 5.10 Å². The number of halogens is 2. The monoisotopic (exact) mass is 558 g/mol. The first-order chi connectivity index (χ1) is 16.9. The zero-order valence-corrected chi connectivity index (χ0v) is 21.6. The van der Waals surface area contributed by atoms with Crippen molar-refractivity contribution in [3.05, 3.63) is 93.4 Å². The van der Waals surface area contributed by atoms with Crippen LogP contribution in [0.3, 0.4) is 0 Å². The molecule has 0 heterocycles. The first-order valence-corrected chi connectivity index (χ1v) is 11.6. The number of hydrazone groups is 1. The average molecular weight is 560 g/mol. The van der Waals surface area contributed by atoms with Gasteiger partial charge in [-0.25, -0.2) is 5.43 Å². The van der Waals surface area contributed by atoms with Crippen LogP contribution in [-0.2, 0) is 6.61 Å². The van der Waals surface area contributed by atoms with E-state index >= 15 is 0 Å². The van der Waals surface area contributed by atoms with Crippen LogP contribution in [0.1, 0.15) is 21.5 Å². The smallest absolute Gasteiger partial charge is 0.271 e. The quantitative estimate of drug-likeness (QED) is 0.176. The van der Waals surface area contributed by atoms with Gasteiger partial charge in [-0.1, -0.05) is 52.3 Å². The third-order valence-corrected chi connectivity index (χ3v) is 5.52. The Morgan fingerprint density at radius 1 is 1.03 bits per heavy atom. The lowest BCUT2D eigenvalue weighted by Gasteiger charge is -2.13. The predicted molar refractivity (Wildman–Crippen MR) is 140 cm³/mol. The minimum Gasteiger partial charge on any atom is -0.493 e. The number of rotatable bonds is 11. The molecule has 0 unspecified atom stereocenters. The second kappa shape index (κ2) is 12.8. The van der Waals surface area contributed by atoms with E-state index in [4.69, 9.17) is 30.5 Å². The molecule has 0 radical (unpaired) electrons. The maximum atomic E-state index is 12.5. The van der Waals surface area contributed by atoms with Crippen molar-refractivity contribution in [3.63, 3.8) is 0 Å². The fraction of sp³-hybridized carbons (Fsp3) is 0.154. The molecule has 0 saturated carbocycles. The molecular formula is C26H24BrClN2O5. The molecule has 3 aromatic rings. The molecule has 1 amide bonds. The summed E-state index contributed by atoms with van der Waals surface area (Å²) in [7, 11) is 3.02. The zero-order chi connectivity index (χ0) is 25.2. The van der Waals surface area contributed by atoms with Crippen molar-refractivity contribution in [1.82, 2.24) is 5.43 Å². The SMILES string of the molecule is C=CCOc1ccc(C(=O)N/N=C/c2cc(Cl)c(OCc3ccc(Br)cc3)c(OC)c2)cc1OC. The van der Waals surface area contributed by atoms with Crippen LogP contribution >= 0.6 is 27.5 Å². The summed E-state index contributed by atoms with van der Waals surface area (Å²) in [6.07, 6.45) is 3.08. The number of methoxy groups -OCH3 is 2. The largest absolute Gasteiger partial charge is 0.493 e. The molecule has 182 valence electrons. The Hall–Kier alpha value is -3.49. The van der Waals surface area contributed by atoms with E-state index in [1.165, 1.54) is 20.4 Å². The van der Waals surface area contributed by atoms with Crippen molar-refractivity contribution in [2.75, 3.05) is 20.8 Å². The van der Waals surface area contributed by atoms with E-state index in [1.807, 2.05) is 24.3 Å². The number of carbonyl (C=O) groups is 1. The summed E-state index contributed by atoms with van der Waals surface area (Å²) < 4.78 is 23.1. The lowest BCUT2D eigenvalue weighted by atomic mass is 10.2. The number of benzene rings is 3. The number of ether oxygens (including phenoxy) is 4. The highest BCUT2D eigenvalue weighted by atomic mass is 79.9. The van der Waals surface area contributed by atoms with Crippen LogP contribution in [0.4, 0.5) is 0 Å². The van der Waals surface area contributed by atoms with Crippen LogP contribution in [0.25, 0.3) is 0 Å². The van der Waals surface area contributed by atoms with Crippen molar-refractivity contribution in [2.45, 2.75) is 6.61 Å². The van der Waals surface area contributed by atoms with Crippen LogP contribution in [0.5, 0.6) is 23.0 Å². The average Bonchev–Trinajstić information content (AvgIpc) is 2.87. The molecule has 0 spiro atoms. The van der Waals surface area contributed by atoms with Crippen LogP contribution in [-0.4, -0.2) is 32.9 Å². The van der Waals surface area contributed by atoms with Gasteiger partial charge < -0.3 is 18.9 Å². The van der Waals surface area contributed by atoms with E-state index in [-0.39, 0.29) is 0 Å². The van der Waals surface area contributed by atoms with Crippen LogP contribution in [0.15, 0.2) is 76.8 Å². The van der Waals surface area contributed by atoms with E-state index in [2.05, 4.69) is 33.0 Å². The highest BCUT2D eigenvalue weighted by Gasteiger charge is 2.13. The second-order valence-electron chi connectivity index (χ2n) is 7.11. The standard InChI is InChI=1S/C26H24BrClN2O5/c1-4-11-34-22-10-7-19(14-23(22)32-2)26(31)30-29-15-18-12-21(28)25(24(13-18)33-3)35-16-17-5-8-20(27)9-6-17/h4-10,12-15H,1,11,16H2,2-3H3,(H,30,31)/b29-15+. The molecule has 9 heteroatoms. The predicted octanol–water partition coefficient (Wildman–Crippen LogP) is 6.03. The molecule has 0 aliphatic rings. The van der Waals surface area contributed by atoms with Crippen molar-refractivity contribution >= 4 is 39.7 Å². The first kappa shape index (κ1) is 26.1. The van der Waals surface area contributed by atoms with Crippen LogP contribution in [0.2, 0.25) is 5.02 Å². The number of hydrogen-bond acceptors (Lipinski definition) is 6. The topological polar surface area (TPSA) is 78.4 Å². The van der Waals surface area contributed by atoms with Crippen LogP contribution < -0.4 is 24.4 Å². The highest BCUT2D eigenvalue weighted by Crippen LogP contribution is 2.36. The minimum absolute atomic E-state index is 0.326. The van der Waals surface area contributed by atoms with Gasteiger partial charge in [-0.3, -0.25) is 4.79 Å². The molecule has 0 bridgehead atoms. The molecule has 0 aliphatic heterocycles. The fourth-order valence-corrected chi connectivity index (χ4v) is 3.54. The Balaban J connectivity index is 1.67. The number of nitrogens with zero attached hydrogens (tertiary/aromatic N) is 1. The van der Waals surface area contributed by atoms with E-state index in [1.54, 1.807) is 36.4 Å². The Labute approximate surface area is 217 Å². The van der Waals surface area contributed by atoms with Crippen molar-refractivity contribution < 1.29 is 23.7 Å². The summed E-state index contributed by atoms with van der Waals surface area (Å²) in [5, 5.41) is 4.38. The molecule has 0 saturated heterocycles. The summed E-state index contributed by atoms with van der Waals surface area (Å²) >= 11 is 9.84. The van der Waals surface area contributed by atoms with Crippen LogP contribution in [0, 0.1) is 0 Å². The lowest BCUT2D eigenvalue weighted by molar-refractivity contribution is 0.0954. The van der Waals surface area contributed by atoms with E-state index in [0.717, 1.165) is 10.0 Å². The third-order valence-electron chi connectivity index (χ3n) is 4.71. The maximum Gasteiger partial charge on any atom is 0.271 e.